The van der Waals surface area contributed by atoms with Crippen LogP contribution in [0.1, 0.15) is 10.7 Å². The number of methoxy groups -OCH3 is 1. The molecule has 0 atom stereocenters. The molecule has 1 heterocycles. The number of benzene rings is 2. The summed E-state index contributed by atoms with van der Waals surface area (Å²) in [5.74, 6) is -5.59. The van der Waals surface area contributed by atoms with E-state index >= 15 is 0 Å². The highest BCUT2D eigenvalue weighted by molar-refractivity contribution is 6.01. The predicted octanol–water partition coefficient (Wildman–Crippen LogP) is 3.41. The molecule has 3 aromatic rings. The van der Waals surface area contributed by atoms with E-state index in [1.54, 1.807) is 24.3 Å². The molecule has 0 bridgehead atoms. The van der Waals surface area contributed by atoms with Gasteiger partial charge in [0.25, 0.3) is 5.89 Å². The smallest absolute Gasteiger partial charge is 0.313 e. The van der Waals surface area contributed by atoms with Crippen LogP contribution in [-0.4, -0.2) is 23.2 Å². The lowest BCUT2D eigenvalue weighted by molar-refractivity contribution is 0.0990. The van der Waals surface area contributed by atoms with E-state index in [4.69, 9.17) is 9.15 Å². The van der Waals surface area contributed by atoms with Crippen molar-refractivity contribution in [2.24, 2.45) is 0 Å². The van der Waals surface area contributed by atoms with Gasteiger partial charge in [0.15, 0.2) is 17.5 Å². The molecule has 0 saturated carbocycles. The van der Waals surface area contributed by atoms with E-state index in [1.165, 1.54) is 7.11 Å². The SMILES string of the molecule is COc1ccccc1-c1nnc(C(=O)Nc2ccc(F)c(F)c2F)o1. The van der Waals surface area contributed by atoms with Crippen LogP contribution in [0, 0.1) is 17.5 Å². The highest BCUT2D eigenvalue weighted by atomic mass is 19.2. The summed E-state index contributed by atoms with van der Waals surface area (Å²) >= 11 is 0. The minimum atomic E-state index is -1.70. The number of carbonyl (C=O) groups excluding carboxylic acids is 1. The summed E-state index contributed by atoms with van der Waals surface area (Å²) in [6.07, 6.45) is 0. The van der Waals surface area contributed by atoms with Gasteiger partial charge in [-0.1, -0.05) is 12.1 Å². The molecule has 2 aromatic carbocycles. The molecule has 128 valence electrons. The topological polar surface area (TPSA) is 77.2 Å². The zero-order valence-electron chi connectivity index (χ0n) is 12.7. The first-order chi connectivity index (χ1) is 12.0. The van der Waals surface area contributed by atoms with Gasteiger partial charge in [-0.3, -0.25) is 4.79 Å². The van der Waals surface area contributed by atoms with Crippen LogP contribution in [0.2, 0.25) is 0 Å². The van der Waals surface area contributed by atoms with Gasteiger partial charge in [-0.05, 0) is 24.3 Å². The number of hydrogen-bond donors (Lipinski definition) is 1. The number of amides is 1. The van der Waals surface area contributed by atoms with Crippen LogP contribution in [0.3, 0.4) is 0 Å². The van der Waals surface area contributed by atoms with Crippen LogP contribution in [0.4, 0.5) is 18.9 Å². The molecule has 0 saturated heterocycles. The molecule has 1 amide bonds. The Kier molecular flexibility index (Phi) is 4.38. The Balaban J connectivity index is 1.85. The van der Waals surface area contributed by atoms with E-state index in [1.807, 2.05) is 5.32 Å². The third kappa shape index (κ3) is 3.16. The number of para-hydroxylation sites is 1. The normalized spacial score (nSPS) is 10.6. The van der Waals surface area contributed by atoms with Gasteiger partial charge >= 0.3 is 11.8 Å². The number of anilines is 1. The predicted molar refractivity (Wildman–Crippen MR) is 80.6 cm³/mol. The molecular formula is C16H10F3N3O3. The first-order valence-corrected chi connectivity index (χ1v) is 6.93. The summed E-state index contributed by atoms with van der Waals surface area (Å²) in [5.41, 5.74) is -0.100. The lowest BCUT2D eigenvalue weighted by Gasteiger charge is -2.05. The Labute approximate surface area is 139 Å². The van der Waals surface area contributed by atoms with Crippen molar-refractivity contribution >= 4 is 11.6 Å². The van der Waals surface area contributed by atoms with Crippen molar-refractivity contribution in [3.63, 3.8) is 0 Å². The van der Waals surface area contributed by atoms with E-state index in [9.17, 15) is 18.0 Å². The van der Waals surface area contributed by atoms with Gasteiger partial charge in [0.1, 0.15) is 5.75 Å². The van der Waals surface area contributed by atoms with Gasteiger partial charge in [0.2, 0.25) is 0 Å². The zero-order chi connectivity index (χ0) is 18.0. The number of nitrogens with one attached hydrogen (secondary N) is 1. The summed E-state index contributed by atoms with van der Waals surface area (Å²) in [6, 6.07) is 8.31. The lowest BCUT2D eigenvalue weighted by Crippen LogP contribution is -2.14. The van der Waals surface area contributed by atoms with E-state index in [0.717, 1.165) is 6.07 Å². The number of nitrogens with zero attached hydrogens (tertiary/aromatic N) is 2. The van der Waals surface area contributed by atoms with Crippen LogP contribution < -0.4 is 10.1 Å². The number of hydrogen-bond acceptors (Lipinski definition) is 5. The van der Waals surface area contributed by atoms with Gasteiger partial charge in [0, 0.05) is 0 Å². The molecule has 1 aromatic heterocycles. The third-order valence-corrected chi connectivity index (χ3v) is 3.24. The Morgan fingerprint density at radius 2 is 1.84 bits per heavy atom. The van der Waals surface area contributed by atoms with E-state index in [-0.39, 0.29) is 5.89 Å². The molecule has 6 nitrogen and oxygen atoms in total. The largest absolute Gasteiger partial charge is 0.496 e. The molecule has 25 heavy (non-hydrogen) atoms. The lowest BCUT2D eigenvalue weighted by atomic mass is 10.2. The van der Waals surface area contributed by atoms with Gasteiger partial charge in [-0.15, -0.1) is 10.2 Å². The maximum absolute atomic E-state index is 13.6. The number of carbonyl (C=O) groups is 1. The monoisotopic (exact) mass is 349 g/mol. The Morgan fingerprint density at radius 1 is 1.08 bits per heavy atom. The number of ether oxygens (including phenoxy) is 1. The second-order valence-corrected chi connectivity index (χ2v) is 4.79. The Bertz CT molecular complexity index is 943. The molecule has 0 fully saturated rings. The maximum atomic E-state index is 13.6. The molecule has 3 rings (SSSR count). The van der Waals surface area contributed by atoms with Crippen molar-refractivity contribution in [2.45, 2.75) is 0 Å². The highest BCUT2D eigenvalue weighted by Crippen LogP contribution is 2.28. The molecule has 0 aliphatic heterocycles. The minimum Gasteiger partial charge on any atom is -0.496 e. The van der Waals surface area contributed by atoms with Crippen molar-refractivity contribution in [1.82, 2.24) is 10.2 Å². The van der Waals surface area contributed by atoms with E-state index < -0.39 is 34.9 Å². The van der Waals surface area contributed by atoms with Gasteiger partial charge < -0.3 is 14.5 Å². The van der Waals surface area contributed by atoms with E-state index in [0.29, 0.717) is 17.4 Å². The third-order valence-electron chi connectivity index (χ3n) is 3.24. The molecular weight excluding hydrogens is 339 g/mol. The second kappa shape index (κ2) is 6.63. The summed E-state index contributed by atoms with van der Waals surface area (Å²) in [5, 5.41) is 9.33. The average molecular weight is 349 g/mol. The first-order valence-electron chi connectivity index (χ1n) is 6.93. The number of halogens is 3. The Morgan fingerprint density at radius 3 is 2.60 bits per heavy atom. The molecule has 1 N–H and O–H groups in total. The van der Waals surface area contributed by atoms with Gasteiger partial charge in [-0.25, -0.2) is 13.2 Å². The molecule has 0 unspecified atom stereocenters. The zero-order valence-corrected chi connectivity index (χ0v) is 12.7. The van der Waals surface area contributed by atoms with Crippen molar-refractivity contribution in [2.75, 3.05) is 12.4 Å². The molecule has 9 heteroatoms. The maximum Gasteiger partial charge on any atom is 0.313 e. The van der Waals surface area contributed by atoms with Gasteiger partial charge in [0.05, 0.1) is 18.4 Å². The number of aromatic nitrogens is 2. The van der Waals surface area contributed by atoms with Crippen LogP contribution in [0.25, 0.3) is 11.5 Å². The average Bonchev–Trinajstić information content (AvgIpc) is 3.12. The molecule has 0 aliphatic rings. The molecule has 0 aliphatic carbocycles. The van der Waals surface area contributed by atoms with Crippen molar-refractivity contribution < 1.29 is 27.1 Å². The quantitative estimate of drug-likeness (QED) is 0.731. The standard InChI is InChI=1S/C16H10F3N3O3/c1-24-11-5-3-2-4-8(11)15-21-22-16(25-15)14(23)20-10-7-6-9(17)12(18)13(10)19/h2-7H,1H3,(H,20,23). The first kappa shape index (κ1) is 16.5. The summed E-state index contributed by atoms with van der Waals surface area (Å²) in [7, 11) is 1.45. The number of rotatable bonds is 4. The van der Waals surface area contributed by atoms with Crippen LogP contribution in [0.5, 0.6) is 5.75 Å². The fraction of sp³-hybridized carbons (Fsp3) is 0.0625. The van der Waals surface area contributed by atoms with Gasteiger partial charge in [-0.2, -0.15) is 0 Å². The molecule has 0 radical (unpaired) electrons. The minimum absolute atomic E-state index is 0.00774. The van der Waals surface area contributed by atoms with Crippen LogP contribution in [-0.2, 0) is 0 Å². The summed E-state index contributed by atoms with van der Waals surface area (Å²) in [6.45, 7) is 0. The van der Waals surface area contributed by atoms with E-state index in [2.05, 4.69) is 10.2 Å². The Hall–Kier alpha value is -3.36. The summed E-state index contributed by atoms with van der Waals surface area (Å²) in [4.78, 5) is 12.0. The summed E-state index contributed by atoms with van der Waals surface area (Å²) < 4.78 is 50.1. The van der Waals surface area contributed by atoms with Crippen LogP contribution >= 0.6 is 0 Å². The van der Waals surface area contributed by atoms with Crippen molar-refractivity contribution in [3.8, 4) is 17.2 Å². The van der Waals surface area contributed by atoms with Crippen molar-refractivity contribution in [3.05, 3.63) is 59.7 Å². The van der Waals surface area contributed by atoms with Crippen LogP contribution in [0.15, 0.2) is 40.8 Å². The fourth-order valence-corrected chi connectivity index (χ4v) is 2.04. The second-order valence-electron chi connectivity index (χ2n) is 4.79. The highest BCUT2D eigenvalue weighted by Gasteiger charge is 2.21. The van der Waals surface area contributed by atoms with Crippen molar-refractivity contribution in [1.29, 1.82) is 0 Å². The fourth-order valence-electron chi connectivity index (χ4n) is 2.04. The molecule has 0 spiro atoms.